The minimum absolute atomic E-state index is 0.529. The predicted molar refractivity (Wildman–Crippen MR) is 86.4 cm³/mol. The molecule has 1 aliphatic rings. The SMILES string of the molecule is CCCNC(CCc1nccn1C)CC1CC(OCC)C1. The van der Waals surface area contributed by atoms with Gasteiger partial charge in [0.15, 0.2) is 0 Å². The zero-order valence-electron chi connectivity index (χ0n) is 13.8. The van der Waals surface area contributed by atoms with E-state index < -0.39 is 0 Å². The summed E-state index contributed by atoms with van der Waals surface area (Å²) in [5.41, 5.74) is 0. The van der Waals surface area contributed by atoms with Gasteiger partial charge in [0.25, 0.3) is 0 Å². The largest absolute Gasteiger partial charge is 0.378 e. The molecule has 0 bridgehead atoms. The molecule has 21 heavy (non-hydrogen) atoms. The fourth-order valence-electron chi connectivity index (χ4n) is 3.23. The molecule has 0 saturated heterocycles. The molecule has 1 aromatic rings. The van der Waals surface area contributed by atoms with Crippen molar-refractivity contribution >= 4 is 0 Å². The van der Waals surface area contributed by atoms with E-state index in [9.17, 15) is 0 Å². The Balaban J connectivity index is 1.74. The summed E-state index contributed by atoms with van der Waals surface area (Å²) >= 11 is 0. The second-order valence-electron chi connectivity index (χ2n) is 6.29. The lowest BCUT2D eigenvalue weighted by Crippen LogP contribution is -2.38. The summed E-state index contributed by atoms with van der Waals surface area (Å²) in [4.78, 5) is 4.43. The third-order valence-electron chi connectivity index (χ3n) is 4.53. The molecular weight excluding hydrogens is 262 g/mol. The number of imidazole rings is 1. The molecule has 0 aliphatic heterocycles. The van der Waals surface area contributed by atoms with Gasteiger partial charge in [0.2, 0.25) is 0 Å². The van der Waals surface area contributed by atoms with Gasteiger partial charge < -0.3 is 14.6 Å². The number of hydrogen-bond acceptors (Lipinski definition) is 3. The lowest BCUT2D eigenvalue weighted by Gasteiger charge is -2.37. The van der Waals surface area contributed by atoms with E-state index in [0.717, 1.165) is 25.5 Å². The number of ether oxygens (including phenoxy) is 1. The van der Waals surface area contributed by atoms with Gasteiger partial charge in [-0.15, -0.1) is 0 Å². The first-order valence-corrected chi connectivity index (χ1v) is 8.54. The van der Waals surface area contributed by atoms with Crippen LogP contribution in [0.1, 0.15) is 51.8 Å². The Hall–Kier alpha value is -0.870. The van der Waals surface area contributed by atoms with Gasteiger partial charge in [0, 0.05) is 38.5 Å². The monoisotopic (exact) mass is 293 g/mol. The molecule has 1 fully saturated rings. The average molecular weight is 293 g/mol. The zero-order valence-corrected chi connectivity index (χ0v) is 13.8. The van der Waals surface area contributed by atoms with Crippen LogP contribution in [-0.2, 0) is 18.2 Å². The number of nitrogens with zero attached hydrogens (tertiary/aromatic N) is 2. The van der Waals surface area contributed by atoms with Crippen molar-refractivity contribution < 1.29 is 4.74 Å². The maximum atomic E-state index is 5.67. The van der Waals surface area contributed by atoms with Crippen LogP contribution in [0.25, 0.3) is 0 Å². The number of rotatable bonds is 10. The third-order valence-corrected chi connectivity index (χ3v) is 4.53. The van der Waals surface area contributed by atoms with Crippen molar-refractivity contribution in [1.29, 1.82) is 0 Å². The normalized spacial score (nSPS) is 23.0. The smallest absolute Gasteiger partial charge is 0.108 e. The summed E-state index contributed by atoms with van der Waals surface area (Å²) in [6, 6.07) is 0.620. The van der Waals surface area contributed by atoms with Crippen LogP contribution < -0.4 is 5.32 Å². The minimum Gasteiger partial charge on any atom is -0.378 e. The standard InChI is InChI=1S/C17H31N3O/c1-4-8-18-15(6-7-17-19-9-10-20(17)3)11-14-12-16(13-14)21-5-2/h9-10,14-16,18H,4-8,11-13H2,1-3H3. The average Bonchev–Trinajstić information content (AvgIpc) is 2.84. The fraction of sp³-hybridized carbons (Fsp3) is 0.824. The molecule has 1 aliphatic carbocycles. The van der Waals surface area contributed by atoms with Gasteiger partial charge in [0.1, 0.15) is 5.82 Å². The first-order valence-electron chi connectivity index (χ1n) is 8.54. The highest BCUT2D eigenvalue weighted by molar-refractivity contribution is 4.93. The molecule has 2 rings (SSSR count). The Morgan fingerprint density at radius 1 is 1.43 bits per heavy atom. The Labute approximate surface area is 129 Å². The van der Waals surface area contributed by atoms with Crippen LogP contribution in [0.5, 0.6) is 0 Å². The van der Waals surface area contributed by atoms with Gasteiger partial charge in [-0.05, 0) is 51.5 Å². The van der Waals surface area contributed by atoms with Crippen molar-refractivity contribution in [2.45, 2.75) is 64.5 Å². The third kappa shape index (κ3) is 5.11. The Bertz CT molecular complexity index is 398. The van der Waals surface area contributed by atoms with Crippen LogP contribution in [0, 0.1) is 5.92 Å². The molecule has 1 N–H and O–H groups in total. The Kier molecular flexibility index (Phi) is 6.71. The first-order chi connectivity index (χ1) is 10.2. The summed E-state index contributed by atoms with van der Waals surface area (Å²) in [5, 5.41) is 3.72. The van der Waals surface area contributed by atoms with E-state index in [2.05, 4.69) is 35.8 Å². The Morgan fingerprint density at radius 2 is 2.24 bits per heavy atom. The van der Waals surface area contributed by atoms with E-state index in [1.54, 1.807) is 0 Å². The van der Waals surface area contributed by atoms with E-state index >= 15 is 0 Å². The second-order valence-corrected chi connectivity index (χ2v) is 6.29. The van der Waals surface area contributed by atoms with Crippen LogP contribution in [0.2, 0.25) is 0 Å². The van der Waals surface area contributed by atoms with E-state index in [1.807, 2.05) is 12.4 Å². The van der Waals surface area contributed by atoms with Crippen molar-refractivity contribution in [3.05, 3.63) is 18.2 Å². The van der Waals surface area contributed by atoms with Gasteiger partial charge in [-0.1, -0.05) is 6.92 Å². The summed E-state index contributed by atoms with van der Waals surface area (Å²) < 4.78 is 7.80. The van der Waals surface area contributed by atoms with Crippen molar-refractivity contribution in [2.75, 3.05) is 13.2 Å². The highest BCUT2D eigenvalue weighted by atomic mass is 16.5. The molecule has 0 radical (unpaired) electrons. The maximum absolute atomic E-state index is 5.67. The van der Waals surface area contributed by atoms with E-state index in [0.29, 0.717) is 12.1 Å². The van der Waals surface area contributed by atoms with Gasteiger partial charge in [-0.2, -0.15) is 0 Å². The molecule has 1 unspecified atom stereocenters. The molecule has 1 heterocycles. The van der Waals surface area contributed by atoms with Crippen LogP contribution in [0.15, 0.2) is 12.4 Å². The quantitative estimate of drug-likeness (QED) is 0.721. The molecule has 0 spiro atoms. The van der Waals surface area contributed by atoms with Gasteiger partial charge in [0.05, 0.1) is 6.10 Å². The van der Waals surface area contributed by atoms with Gasteiger partial charge >= 0.3 is 0 Å². The number of nitrogens with one attached hydrogen (secondary N) is 1. The molecule has 1 aromatic heterocycles. The number of aromatic nitrogens is 2. The van der Waals surface area contributed by atoms with Gasteiger partial charge in [-0.3, -0.25) is 0 Å². The molecule has 120 valence electrons. The molecule has 0 aromatic carbocycles. The van der Waals surface area contributed by atoms with Crippen molar-refractivity contribution in [1.82, 2.24) is 14.9 Å². The molecular formula is C17H31N3O. The minimum atomic E-state index is 0.529. The maximum Gasteiger partial charge on any atom is 0.108 e. The van der Waals surface area contributed by atoms with E-state index in [1.165, 1.54) is 37.9 Å². The number of hydrogen-bond donors (Lipinski definition) is 1. The lowest BCUT2D eigenvalue weighted by molar-refractivity contribution is -0.0292. The topological polar surface area (TPSA) is 39.1 Å². The van der Waals surface area contributed by atoms with Crippen molar-refractivity contribution in [3.63, 3.8) is 0 Å². The first kappa shape index (κ1) is 16.5. The predicted octanol–water partition coefficient (Wildman–Crippen LogP) is 2.93. The van der Waals surface area contributed by atoms with E-state index in [-0.39, 0.29) is 0 Å². The van der Waals surface area contributed by atoms with Gasteiger partial charge in [-0.25, -0.2) is 4.98 Å². The summed E-state index contributed by atoms with van der Waals surface area (Å²) in [6.45, 7) is 6.30. The van der Waals surface area contributed by atoms with Crippen LogP contribution in [-0.4, -0.2) is 34.8 Å². The molecule has 1 atom stereocenters. The lowest BCUT2D eigenvalue weighted by atomic mass is 9.77. The molecule has 4 heteroatoms. The van der Waals surface area contributed by atoms with E-state index in [4.69, 9.17) is 4.74 Å². The zero-order chi connectivity index (χ0) is 15.1. The van der Waals surface area contributed by atoms with Crippen LogP contribution in [0.4, 0.5) is 0 Å². The van der Waals surface area contributed by atoms with Crippen molar-refractivity contribution in [3.8, 4) is 0 Å². The van der Waals surface area contributed by atoms with Crippen LogP contribution >= 0.6 is 0 Å². The summed E-state index contributed by atoms with van der Waals surface area (Å²) in [7, 11) is 2.08. The molecule has 1 saturated carbocycles. The fourth-order valence-corrected chi connectivity index (χ4v) is 3.23. The summed E-state index contributed by atoms with van der Waals surface area (Å²) in [6.07, 6.45) is 11.7. The highest BCUT2D eigenvalue weighted by Crippen LogP contribution is 2.34. The van der Waals surface area contributed by atoms with Crippen molar-refractivity contribution in [2.24, 2.45) is 13.0 Å². The number of aryl methyl sites for hydroxylation is 2. The second kappa shape index (κ2) is 8.54. The highest BCUT2D eigenvalue weighted by Gasteiger charge is 2.31. The molecule has 0 amide bonds. The summed E-state index contributed by atoms with van der Waals surface area (Å²) in [5.74, 6) is 2.04. The Morgan fingerprint density at radius 3 is 2.86 bits per heavy atom. The van der Waals surface area contributed by atoms with Crippen LogP contribution in [0.3, 0.4) is 0 Å². The molecule has 4 nitrogen and oxygen atoms in total.